The molecule has 142 valence electrons. The van der Waals surface area contributed by atoms with E-state index in [1.165, 1.54) is 11.1 Å². The van der Waals surface area contributed by atoms with Gasteiger partial charge in [0.05, 0.1) is 0 Å². The van der Waals surface area contributed by atoms with E-state index in [1.807, 2.05) is 24.3 Å². The molecule has 4 rings (SSSR count). The van der Waals surface area contributed by atoms with E-state index >= 15 is 0 Å². The van der Waals surface area contributed by atoms with Crippen LogP contribution in [0.1, 0.15) is 16.7 Å². The molecule has 8 nitrogen and oxygen atoms in total. The number of amides is 1. The fourth-order valence-electron chi connectivity index (χ4n) is 3.06. The number of benzene rings is 2. The summed E-state index contributed by atoms with van der Waals surface area (Å²) in [6.07, 6.45) is -0.288. The predicted octanol–water partition coefficient (Wildman–Crippen LogP) is 1.07. The zero-order valence-electron chi connectivity index (χ0n) is 15.3. The Morgan fingerprint density at radius 1 is 1.07 bits per heavy atom. The van der Waals surface area contributed by atoms with E-state index in [1.54, 1.807) is 0 Å². The summed E-state index contributed by atoms with van der Waals surface area (Å²) in [5.74, 6) is 1.32. The van der Waals surface area contributed by atoms with Crippen LogP contribution in [0.3, 0.4) is 0 Å². The second kappa shape index (κ2) is 7.43. The van der Waals surface area contributed by atoms with Gasteiger partial charge in [0, 0.05) is 12.2 Å². The molecule has 0 aliphatic carbocycles. The van der Waals surface area contributed by atoms with E-state index in [9.17, 15) is 4.79 Å². The van der Waals surface area contributed by atoms with Gasteiger partial charge in [0.2, 0.25) is 12.7 Å². The summed E-state index contributed by atoms with van der Waals surface area (Å²) in [6.45, 7) is 4.78. The molecule has 0 spiro atoms. The highest BCUT2D eigenvalue weighted by Crippen LogP contribution is 2.32. The summed E-state index contributed by atoms with van der Waals surface area (Å²) in [7, 11) is 0. The molecule has 1 saturated heterocycles. The number of nitrogens with one attached hydrogen (secondary N) is 5. The zero-order valence-corrected chi connectivity index (χ0v) is 15.3. The molecule has 8 heteroatoms. The average molecular weight is 369 g/mol. The number of carbonyl (C=O) groups is 1. The highest BCUT2D eigenvalue weighted by molar-refractivity contribution is 5.83. The van der Waals surface area contributed by atoms with Crippen LogP contribution in [0, 0.1) is 13.8 Å². The van der Waals surface area contributed by atoms with Crippen molar-refractivity contribution < 1.29 is 14.3 Å². The summed E-state index contributed by atoms with van der Waals surface area (Å²) in [5, 5.41) is 6.29. The van der Waals surface area contributed by atoms with Gasteiger partial charge in [-0.3, -0.25) is 4.79 Å². The predicted molar refractivity (Wildman–Crippen MR) is 101 cm³/mol. The van der Waals surface area contributed by atoms with Gasteiger partial charge in [-0.25, -0.2) is 10.9 Å². The normalized spacial score (nSPS) is 20.5. The molecule has 0 bridgehead atoms. The van der Waals surface area contributed by atoms with Gasteiger partial charge < -0.3 is 20.1 Å². The molecule has 0 saturated carbocycles. The molecular formula is C19H23N5O3. The van der Waals surface area contributed by atoms with Crippen molar-refractivity contribution in [1.29, 1.82) is 0 Å². The van der Waals surface area contributed by atoms with Crippen LogP contribution >= 0.6 is 0 Å². The fourth-order valence-corrected chi connectivity index (χ4v) is 3.06. The largest absolute Gasteiger partial charge is 0.454 e. The van der Waals surface area contributed by atoms with E-state index in [4.69, 9.17) is 9.47 Å². The number of carbonyl (C=O) groups excluding carboxylic acids is 1. The van der Waals surface area contributed by atoms with Gasteiger partial charge in [-0.15, -0.1) is 0 Å². The number of hydrogen-bond acceptors (Lipinski definition) is 7. The van der Waals surface area contributed by atoms with Crippen LogP contribution in [0.2, 0.25) is 0 Å². The third kappa shape index (κ3) is 3.82. The van der Waals surface area contributed by atoms with Crippen LogP contribution in [0.15, 0.2) is 36.4 Å². The van der Waals surface area contributed by atoms with Crippen LogP contribution in [0.4, 0.5) is 5.69 Å². The molecule has 2 aromatic rings. The quantitative estimate of drug-likeness (QED) is 0.538. The van der Waals surface area contributed by atoms with E-state index in [0.29, 0.717) is 12.3 Å². The molecule has 2 aliphatic heterocycles. The molecular weight excluding hydrogens is 346 g/mol. The molecule has 5 N–H and O–H groups in total. The Labute approximate surface area is 157 Å². The van der Waals surface area contributed by atoms with Crippen LogP contribution in [-0.2, 0) is 11.3 Å². The minimum absolute atomic E-state index is 0.119. The van der Waals surface area contributed by atoms with Gasteiger partial charge >= 0.3 is 0 Å². The Bertz CT molecular complexity index is 857. The highest BCUT2D eigenvalue weighted by Gasteiger charge is 2.32. The Kier molecular flexibility index (Phi) is 4.85. The SMILES string of the molecule is Cc1ccc(NC2NNNC2C(=O)NCc2ccc3c(c2)OCO3)cc1C. The monoisotopic (exact) mass is 369 g/mol. The Morgan fingerprint density at radius 3 is 2.78 bits per heavy atom. The number of hydrazine groups is 2. The summed E-state index contributed by atoms with van der Waals surface area (Å²) in [5.41, 5.74) is 13.1. The standard InChI is InChI=1S/C19H23N5O3/c1-11-3-5-14(7-12(11)2)21-18-17(22-24-23-18)19(25)20-9-13-4-6-15-16(8-13)27-10-26-15/h3-8,17-18,21-24H,9-10H2,1-2H3,(H,20,25). The smallest absolute Gasteiger partial charge is 0.242 e. The zero-order chi connectivity index (χ0) is 18.8. The molecule has 27 heavy (non-hydrogen) atoms. The lowest BCUT2D eigenvalue weighted by atomic mass is 10.1. The summed E-state index contributed by atoms with van der Waals surface area (Å²) < 4.78 is 10.7. The molecule has 0 radical (unpaired) electrons. The Balaban J connectivity index is 1.36. The summed E-state index contributed by atoms with van der Waals surface area (Å²) >= 11 is 0. The minimum atomic E-state index is -0.472. The summed E-state index contributed by atoms with van der Waals surface area (Å²) in [6, 6.07) is 11.3. The molecule has 2 unspecified atom stereocenters. The van der Waals surface area contributed by atoms with Crippen LogP contribution in [0.5, 0.6) is 11.5 Å². The number of aryl methyl sites for hydroxylation is 2. The first kappa shape index (κ1) is 17.6. The maximum absolute atomic E-state index is 12.6. The van der Waals surface area contributed by atoms with E-state index in [-0.39, 0.29) is 18.9 Å². The Morgan fingerprint density at radius 2 is 1.93 bits per heavy atom. The van der Waals surface area contributed by atoms with Crippen LogP contribution in [0.25, 0.3) is 0 Å². The number of anilines is 1. The average Bonchev–Trinajstić information content (AvgIpc) is 3.31. The molecule has 2 heterocycles. The van der Waals surface area contributed by atoms with E-state index in [2.05, 4.69) is 53.0 Å². The van der Waals surface area contributed by atoms with Gasteiger partial charge in [-0.1, -0.05) is 12.1 Å². The van der Waals surface area contributed by atoms with Crippen molar-refractivity contribution in [3.8, 4) is 11.5 Å². The topological polar surface area (TPSA) is 95.7 Å². The van der Waals surface area contributed by atoms with Crippen molar-refractivity contribution >= 4 is 11.6 Å². The maximum Gasteiger partial charge on any atom is 0.242 e. The van der Waals surface area contributed by atoms with Crippen LogP contribution < -0.4 is 36.5 Å². The number of ether oxygens (including phenoxy) is 2. The number of rotatable bonds is 5. The third-order valence-corrected chi connectivity index (χ3v) is 4.80. The molecule has 1 amide bonds. The van der Waals surface area contributed by atoms with E-state index < -0.39 is 6.04 Å². The first-order valence-electron chi connectivity index (χ1n) is 8.86. The highest BCUT2D eigenvalue weighted by atomic mass is 16.7. The van der Waals surface area contributed by atoms with Crippen LogP contribution in [-0.4, -0.2) is 24.9 Å². The first-order valence-corrected chi connectivity index (χ1v) is 8.86. The van der Waals surface area contributed by atoms with Crippen molar-refractivity contribution in [3.05, 3.63) is 53.1 Å². The van der Waals surface area contributed by atoms with Gasteiger partial charge in [0.15, 0.2) is 11.5 Å². The number of fused-ring (bicyclic) bond motifs is 1. The van der Waals surface area contributed by atoms with Crippen molar-refractivity contribution in [3.63, 3.8) is 0 Å². The van der Waals surface area contributed by atoms with Crippen molar-refractivity contribution in [2.45, 2.75) is 32.6 Å². The minimum Gasteiger partial charge on any atom is -0.454 e. The second-order valence-corrected chi connectivity index (χ2v) is 6.72. The van der Waals surface area contributed by atoms with Crippen molar-refractivity contribution in [2.24, 2.45) is 0 Å². The van der Waals surface area contributed by atoms with Gasteiger partial charge in [-0.05, 0) is 54.8 Å². The maximum atomic E-state index is 12.6. The molecule has 2 aromatic carbocycles. The van der Waals surface area contributed by atoms with Gasteiger partial charge in [0.1, 0.15) is 12.2 Å². The lowest BCUT2D eigenvalue weighted by Crippen LogP contribution is -2.50. The molecule has 0 aromatic heterocycles. The lowest BCUT2D eigenvalue weighted by molar-refractivity contribution is -0.123. The summed E-state index contributed by atoms with van der Waals surface area (Å²) in [4.78, 5) is 12.6. The Hall–Kier alpha value is -2.81. The van der Waals surface area contributed by atoms with Gasteiger partial charge in [-0.2, -0.15) is 5.53 Å². The first-order chi connectivity index (χ1) is 13.1. The fraction of sp³-hybridized carbons (Fsp3) is 0.316. The molecule has 2 aliphatic rings. The van der Waals surface area contributed by atoms with E-state index in [0.717, 1.165) is 17.0 Å². The number of hydrogen-bond donors (Lipinski definition) is 5. The third-order valence-electron chi connectivity index (χ3n) is 4.80. The van der Waals surface area contributed by atoms with Crippen molar-refractivity contribution in [2.75, 3.05) is 12.1 Å². The molecule has 1 fully saturated rings. The second-order valence-electron chi connectivity index (χ2n) is 6.72. The molecule has 2 atom stereocenters. The lowest BCUT2D eigenvalue weighted by Gasteiger charge is -2.20. The van der Waals surface area contributed by atoms with Crippen molar-refractivity contribution in [1.82, 2.24) is 21.7 Å². The van der Waals surface area contributed by atoms with Gasteiger partial charge in [0.25, 0.3) is 0 Å².